The average Bonchev–Trinajstić information content (AvgIpc) is 3.44. The highest BCUT2D eigenvalue weighted by molar-refractivity contribution is 5.95. The van der Waals surface area contributed by atoms with E-state index in [9.17, 15) is 9.59 Å². The summed E-state index contributed by atoms with van der Waals surface area (Å²) in [4.78, 5) is 35.8. The maximum Gasteiger partial charge on any atom is 0.257 e. The van der Waals surface area contributed by atoms with E-state index in [2.05, 4.69) is 41.2 Å². The molecule has 9 heteroatoms. The molecule has 0 atom stereocenters. The van der Waals surface area contributed by atoms with Crippen LogP contribution in [0.3, 0.4) is 0 Å². The van der Waals surface area contributed by atoms with Crippen molar-refractivity contribution >= 4 is 17.6 Å². The molecule has 1 fully saturated rings. The van der Waals surface area contributed by atoms with Crippen molar-refractivity contribution in [3.8, 4) is 5.95 Å². The first-order chi connectivity index (χ1) is 14.8. The average molecular weight is 422 g/mol. The number of furan rings is 1. The van der Waals surface area contributed by atoms with Gasteiger partial charge in [-0.3, -0.25) is 9.59 Å². The van der Waals surface area contributed by atoms with Gasteiger partial charge in [-0.15, -0.1) is 0 Å². The fourth-order valence-corrected chi connectivity index (χ4v) is 3.53. The Bertz CT molecular complexity index is 1040. The molecule has 4 rings (SSSR count). The van der Waals surface area contributed by atoms with Gasteiger partial charge in [0.2, 0.25) is 5.91 Å². The monoisotopic (exact) mass is 422 g/mol. The van der Waals surface area contributed by atoms with Crippen molar-refractivity contribution in [1.29, 1.82) is 0 Å². The molecule has 3 aromatic rings. The van der Waals surface area contributed by atoms with Gasteiger partial charge in [-0.1, -0.05) is 20.8 Å². The summed E-state index contributed by atoms with van der Waals surface area (Å²) >= 11 is 0. The third kappa shape index (κ3) is 4.50. The summed E-state index contributed by atoms with van der Waals surface area (Å²) in [5, 5.41) is 7.63. The Balaban J connectivity index is 1.46. The molecule has 31 heavy (non-hydrogen) atoms. The Hall–Kier alpha value is -3.49. The first-order valence-corrected chi connectivity index (χ1v) is 10.3. The van der Waals surface area contributed by atoms with Crippen LogP contribution < -0.4 is 5.32 Å². The van der Waals surface area contributed by atoms with E-state index in [0.29, 0.717) is 43.3 Å². The number of piperidine rings is 1. The van der Waals surface area contributed by atoms with Crippen molar-refractivity contribution in [1.82, 2.24) is 24.6 Å². The number of hydrogen-bond donors (Lipinski definition) is 1. The molecule has 0 aliphatic carbocycles. The molecule has 1 N–H and O–H groups in total. The predicted octanol–water partition coefficient (Wildman–Crippen LogP) is 3.04. The second kappa shape index (κ2) is 8.33. The quantitative estimate of drug-likeness (QED) is 0.693. The standard InChI is InChI=1S/C22H26N6O3/c1-22(2,3)17-13-18(28(26-17)21-23-8-4-9-24-21)25-19(29)15-5-10-27(11-6-15)20(30)16-7-12-31-14-16/h4,7-9,12-15H,5-6,10-11H2,1-3H3,(H,25,29). The van der Waals surface area contributed by atoms with Gasteiger partial charge in [0.15, 0.2) is 0 Å². The topological polar surface area (TPSA) is 106 Å². The van der Waals surface area contributed by atoms with Gasteiger partial charge in [-0.05, 0) is 25.0 Å². The summed E-state index contributed by atoms with van der Waals surface area (Å²) in [5.74, 6) is 0.591. The number of anilines is 1. The maximum atomic E-state index is 13.0. The van der Waals surface area contributed by atoms with Crippen molar-refractivity contribution in [2.75, 3.05) is 18.4 Å². The maximum absolute atomic E-state index is 13.0. The van der Waals surface area contributed by atoms with Gasteiger partial charge in [0.05, 0.1) is 17.5 Å². The molecule has 1 saturated heterocycles. The highest BCUT2D eigenvalue weighted by atomic mass is 16.3. The van der Waals surface area contributed by atoms with Crippen molar-refractivity contribution < 1.29 is 14.0 Å². The van der Waals surface area contributed by atoms with E-state index in [1.165, 1.54) is 12.5 Å². The molecule has 0 spiro atoms. The number of aromatic nitrogens is 4. The molecular weight excluding hydrogens is 396 g/mol. The van der Waals surface area contributed by atoms with Crippen LogP contribution in [0.5, 0.6) is 0 Å². The molecule has 0 bridgehead atoms. The van der Waals surface area contributed by atoms with E-state index in [0.717, 1.165) is 5.69 Å². The van der Waals surface area contributed by atoms with Crippen molar-refractivity contribution in [2.24, 2.45) is 5.92 Å². The minimum atomic E-state index is -0.196. The highest BCUT2D eigenvalue weighted by Crippen LogP contribution is 2.27. The minimum Gasteiger partial charge on any atom is -0.472 e. The van der Waals surface area contributed by atoms with Crippen LogP contribution in [0.4, 0.5) is 5.82 Å². The Morgan fingerprint density at radius 3 is 2.48 bits per heavy atom. The summed E-state index contributed by atoms with van der Waals surface area (Å²) in [6, 6.07) is 5.25. The molecule has 1 aliphatic heterocycles. The molecule has 0 saturated carbocycles. The number of carbonyl (C=O) groups is 2. The van der Waals surface area contributed by atoms with Crippen LogP contribution in [0.25, 0.3) is 5.95 Å². The minimum absolute atomic E-state index is 0.0678. The van der Waals surface area contributed by atoms with E-state index in [1.54, 1.807) is 34.1 Å². The molecule has 9 nitrogen and oxygen atoms in total. The van der Waals surface area contributed by atoms with E-state index < -0.39 is 0 Å². The Morgan fingerprint density at radius 2 is 1.87 bits per heavy atom. The summed E-state index contributed by atoms with van der Waals surface area (Å²) in [5.41, 5.74) is 1.17. The second-order valence-electron chi connectivity index (χ2n) is 8.69. The van der Waals surface area contributed by atoms with E-state index in [4.69, 9.17) is 4.42 Å². The van der Waals surface area contributed by atoms with Gasteiger partial charge < -0.3 is 14.6 Å². The zero-order chi connectivity index (χ0) is 22.0. The van der Waals surface area contributed by atoms with Crippen LogP contribution in [0, 0.1) is 5.92 Å². The van der Waals surface area contributed by atoms with Crippen LogP contribution in [0.15, 0.2) is 47.5 Å². The summed E-state index contributed by atoms with van der Waals surface area (Å²) in [6.07, 6.45) is 7.40. The summed E-state index contributed by atoms with van der Waals surface area (Å²) < 4.78 is 6.56. The lowest BCUT2D eigenvalue weighted by molar-refractivity contribution is -0.121. The largest absolute Gasteiger partial charge is 0.472 e. The lowest BCUT2D eigenvalue weighted by Gasteiger charge is -2.31. The molecule has 3 aromatic heterocycles. The van der Waals surface area contributed by atoms with E-state index in [-0.39, 0.29) is 23.1 Å². The molecule has 0 radical (unpaired) electrons. The van der Waals surface area contributed by atoms with Gasteiger partial charge >= 0.3 is 0 Å². The van der Waals surface area contributed by atoms with Crippen LogP contribution in [-0.2, 0) is 10.2 Å². The SMILES string of the molecule is CC(C)(C)c1cc(NC(=O)C2CCN(C(=O)c3ccoc3)CC2)n(-c2ncccn2)n1. The van der Waals surface area contributed by atoms with E-state index >= 15 is 0 Å². The third-order valence-corrected chi connectivity index (χ3v) is 5.39. The molecule has 162 valence electrons. The normalized spacial score (nSPS) is 15.1. The summed E-state index contributed by atoms with van der Waals surface area (Å²) in [7, 11) is 0. The molecule has 4 heterocycles. The fraction of sp³-hybridized carbons (Fsp3) is 0.409. The lowest BCUT2D eigenvalue weighted by atomic mass is 9.92. The predicted molar refractivity (Wildman–Crippen MR) is 114 cm³/mol. The first-order valence-electron chi connectivity index (χ1n) is 10.3. The van der Waals surface area contributed by atoms with Gasteiger partial charge in [0.1, 0.15) is 12.1 Å². The molecule has 1 aliphatic rings. The lowest BCUT2D eigenvalue weighted by Crippen LogP contribution is -2.41. The number of nitrogens with zero attached hydrogens (tertiary/aromatic N) is 5. The Kier molecular flexibility index (Phi) is 5.58. The number of carbonyl (C=O) groups excluding carboxylic acids is 2. The third-order valence-electron chi connectivity index (χ3n) is 5.39. The van der Waals surface area contributed by atoms with Crippen LogP contribution in [-0.4, -0.2) is 49.6 Å². The van der Waals surface area contributed by atoms with Gasteiger partial charge in [-0.2, -0.15) is 9.78 Å². The van der Waals surface area contributed by atoms with Gasteiger partial charge in [0.25, 0.3) is 11.9 Å². The first kappa shape index (κ1) is 20.8. The van der Waals surface area contributed by atoms with E-state index in [1.807, 2.05) is 6.07 Å². The molecule has 0 aromatic carbocycles. The van der Waals surface area contributed by atoms with Crippen LogP contribution >= 0.6 is 0 Å². The smallest absolute Gasteiger partial charge is 0.257 e. The summed E-state index contributed by atoms with van der Waals surface area (Å²) in [6.45, 7) is 7.23. The van der Waals surface area contributed by atoms with Gasteiger partial charge in [0, 0.05) is 42.9 Å². The number of rotatable bonds is 4. The molecule has 0 unspecified atom stereocenters. The molecule has 2 amide bonds. The Labute approximate surface area is 180 Å². The van der Waals surface area contributed by atoms with Crippen LogP contribution in [0.1, 0.15) is 49.7 Å². The zero-order valence-electron chi connectivity index (χ0n) is 17.9. The number of likely N-dealkylation sites (tertiary alicyclic amines) is 1. The number of amides is 2. The van der Waals surface area contributed by atoms with Crippen molar-refractivity contribution in [3.63, 3.8) is 0 Å². The number of nitrogens with one attached hydrogen (secondary N) is 1. The van der Waals surface area contributed by atoms with Crippen molar-refractivity contribution in [2.45, 2.75) is 39.0 Å². The second-order valence-corrected chi connectivity index (χ2v) is 8.69. The van der Waals surface area contributed by atoms with Crippen molar-refractivity contribution in [3.05, 3.63) is 54.4 Å². The number of hydrogen-bond acceptors (Lipinski definition) is 6. The van der Waals surface area contributed by atoms with Crippen LogP contribution in [0.2, 0.25) is 0 Å². The fourth-order valence-electron chi connectivity index (χ4n) is 3.53. The Morgan fingerprint density at radius 1 is 1.16 bits per heavy atom. The molecular formula is C22H26N6O3. The highest BCUT2D eigenvalue weighted by Gasteiger charge is 2.29. The van der Waals surface area contributed by atoms with Gasteiger partial charge in [-0.25, -0.2) is 9.97 Å². The zero-order valence-corrected chi connectivity index (χ0v) is 17.9.